The highest BCUT2D eigenvalue weighted by atomic mass is 16.5. The number of ether oxygens (including phenoxy) is 1. The van der Waals surface area contributed by atoms with E-state index in [0.29, 0.717) is 17.5 Å². The number of para-hydroxylation sites is 1. The molecule has 0 amide bonds. The average Bonchev–Trinajstić information content (AvgIpc) is 3.72. The second kappa shape index (κ2) is 10.6. The van der Waals surface area contributed by atoms with Crippen LogP contribution in [-0.4, -0.2) is 21.1 Å². The second-order valence-corrected chi connectivity index (χ2v) is 12.4. The Morgan fingerprint density at radius 2 is 1.21 bits per heavy atom. The van der Waals surface area contributed by atoms with Crippen molar-refractivity contribution in [2.24, 2.45) is 0 Å². The monoisotopic (exact) mass is 617 g/mol. The van der Waals surface area contributed by atoms with Crippen LogP contribution in [0.15, 0.2) is 156 Å². The van der Waals surface area contributed by atoms with E-state index in [9.17, 15) is 0 Å². The zero-order valence-corrected chi connectivity index (χ0v) is 25.7. The molecule has 0 bridgehead atoms. The third kappa shape index (κ3) is 4.36. The SMILES string of the molecule is C1=CC2Oc3ccc(-c4ccc5c(c4)oc4ccccc45)cc3C2C(c2nc(-c3ccccc3)nc(-c3ccc4ccccc4c3)n2)=C1. The number of benzene rings is 6. The Labute approximate surface area is 276 Å². The molecule has 0 N–H and O–H groups in total. The van der Waals surface area contributed by atoms with Crippen LogP contribution in [0.1, 0.15) is 17.3 Å². The third-order valence-electron chi connectivity index (χ3n) is 9.49. The minimum absolute atomic E-state index is 0.0737. The Kier molecular flexibility index (Phi) is 5.93. The van der Waals surface area contributed by atoms with Gasteiger partial charge in [0.2, 0.25) is 0 Å². The number of hydrogen-bond donors (Lipinski definition) is 0. The van der Waals surface area contributed by atoms with Gasteiger partial charge < -0.3 is 9.15 Å². The number of rotatable bonds is 4. The Morgan fingerprint density at radius 3 is 2.12 bits per heavy atom. The van der Waals surface area contributed by atoms with E-state index in [1.807, 2.05) is 48.5 Å². The predicted octanol–water partition coefficient (Wildman–Crippen LogP) is 10.4. The van der Waals surface area contributed by atoms with Gasteiger partial charge in [-0.25, -0.2) is 15.0 Å². The minimum atomic E-state index is -0.158. The van der Waals surface area contributed by atoms with Gasteiger partial charge in [-0.3, -0.25) is 0 Å². The van der Waals surface area contributed by atoms with E-state index in [1.165, 1.54) is 5.39 Å². The summed E-state index contributed by atoms with van der Waals surface area (Å²) in [6, 6.07) is 45.9. The van der Waals surface area contributed by atoms with Gasteiger partial charge in [-0.05, 0) is 64.4 Å². The summed E-state index contributed by atoms with van der Waals surface area (Å²) in [6.45, 7) is 0. The molecule has 0 spiro atoms. The van der Waals surface area contributed by atoms with Crippen molar-refractivity contribution in [1.82, 2.24) is 15.0 Å². The molecule has 8 aromatic rings. The van der Waals surface area contributed by atoms with Crippen LogP contribution >= 0.6 is 0 Å². The van der Waals surface area contributed by atoms with E-state index < -0.39 is 0 Å². The maximum absolute atomic E-state index is 6.52. The van der Waals surface area contributed by atoms with Crippen molar-refractivity contribution < 1.29 is 9.15 Å². The van der Waals surface area contributed by atoms with Gasteiger partial charge in [-0.2, -0.15) is 0 Å². The van der Waals surface area contributed by atoms with Crippen molar-refractivity contribution in [3.05, 3.63) is 163 Å². The first-order valence-electron chi connectivity index (χ1n) is 16.2. The molecule has 10 rings (SSSR count). The van der Waals surface area contributed by atoms with Crippen molar-refractivity contribution in [2.75, 3.05) is 0 Å². The summed E-state index contributed by atoms with van der Waals surface area (Å²) in [5.41, 5.74) is 7.99. The quantitative estimate of drug-likeness (QED) is 0.197. The molecule has 5 heteroatoms. The standard InChI is InChI=1S/C43H27N3O2/c1-2-10-27(11-3-1)41-44-42(31-18-17-26-9-4-5-12-28(26)23-31)46-43(45-41)34-14-8-16-38-40(34)35-24-29(20-22-37(35)47-38)30-19-21-33-32-13-6-7-15-36(32)48-39(33)25-30/h1-25,38,40H. The van der Waals surface area contributed by atoms with Crippen molar-refractivity contribution in [3.63, 3.8) is 0 Å². The van der Waals surface area contributed by atoms with Gasteiger partial charge in [0.25, 0.3) is 0 Å². The van der Waals surface area contributed by atoms with Crippen molar-refractivity contribution in [2.45, 2.75) is 12.0 Å². The number of furan rings is 1. The largest absolute Gasteiger partial charge is 0.485 e. The Bertz CT molecular complexity index is 2620. The molecular weight excluding hydrogens is 590 g/mol. The molecule has 0 fully saturated rings. The van der Waals surface area contributed by atoms with Gasteiger partial charge >= 0.3 is 0 Å². The molecule has 1 aliphatic carbocycles. The zero-order valence-electron chi connectivity index (χ0n) is 25.7. The summed E-state index contributed by atoms with van der Waals surface area (Å²) in [4.78, 5) is 15.2. The molecule has 48 heavy (non-hydrogen) atoms. The third-order valence-corrected chi connectivity index (χ3v) is 9.49. The van der Waals surface area contributed by atoms with Crippen LogP contribution in [-0.2, 0) is 0 Å². The lowest BCUT2D eigenvalue weighted by molar-refractivity contribution is 0.271. The Hall–Kier alpha value is -6.33. The lowest BCUT2D eigenvalue weighted by atomic mass is 9.83. The highest BCUT2D eigenvalue weighted by Gasteiger charge is 2.39. The fraction of sp³-hybridized carbons (Fsp3) is 0.0465. The van der Waals surface area contributed by atoms with Gasteiger partial charge in [0.15, 0.2) is 17.5 Å². The molecule has 2 aliphatic rings. The average molecular weight is 618 g/mol. The lowest BCUT2D eigenvalue weighted by Gasteiger charge is -2.22. The van der Waals surface area contributed by atoms with E-state index in [2.05, 4.69) is 103 Å². The summed E-state index contributed by atoms with van der Waals surface area (Å²) in [5, 5.41) is 4.57. The summed E-state index contributed by atoms with van der Waals surface area (Å²) < 4.78 is 12.7. The molecule has 0 saturated carbocycles. The molecular formula is C43H27N3O2. The van der Waals surface area contributed by atoms with E-state index in [1.54, 1.807) is 0 Å². The molecule has 5 nitrogen and oxygen atoms in total. The molecule has 2 aromatic heterocycles. The van der Waals surface area contributed by atoms with Gasteiger partial charge in [-0.15, -0.1) is 0 Å². The smallest absolute Gasteiger partial charge is 0.164 e. The summed E-state index contributed by atoms with van der Waals surface area (Å²) in [5.74, 6) is 2.74. The number of fused-ring (bicyclic) bond motifs is 7. The molecule has 2 unspecified atom stereocenters. The first-order chi connectivity index (χ1) is 23.7. The highest BCUT2D eigenvalue weighted by molar-refractivity contribution is 6.05. The molecule has 6 aromatic carbocycles. The van der Waals surface area contributed by atoms with E-state index in [0.717, 1.165) is 66.5 Å². The van der Waals surface area contributed by atoms with Crippen LogP contribution in [0, 0.1) is 0 Å². The lowest BCUT2D eigenvalue weighted by Crippen LogP contribution is -2.20. The number of allylic oxidation sites excluding steroid dienone is 2. The van der Waals surface area contributed by atoms with Crippen LogP contribution in [0.25, 0.3) is 72.2 Å². The zero-order chi connectivity index (χ0) is 31.6. The maximum Gasteiger partial charge on any atom is 0.164 e. The summed E-state index contributed by atoms with van der Waals surface area (Å²) >= 11 is 0. The number of hydrogen-bond acceptors (Lipinski definition) is 5. The predicted molar refractivity (Wildman–Crippen MR) is 192 cm³/mol. The Balaban J connectivity index is 1.09. The molecule has 1 aliphatic heterocycles. The molecule has 226 valence electrons. The van der Waals surface area contributed by atoms with Crippen LogP contribution in [0.3, 0.4) is 0 Å². The molecule has 0 radical (unpaired) electrons. The second-order valence-electron chi connectivity index (χ2n) is 12.4. The van der Waals surface area contributed by atoms with E-state index >= 15 is 0 Å². The van der Waals surface area contributed by atoms with E-state index in [-0.39, 0.29) is 12.0 Å². The van der Waals surface area contributed by atoms with Gasteiger partial charge in [0.1, 0.15) is 23.0 Å². The first kappa shape index (κ1) is 26.8. The fourth-order valence-corrected chi connectivity index (χ4v) is 7.14. The molecule has 0 saturated heterocycles. The fourth-order valence-electron chi connectivity index (χ4n) is 7.14. The van der Waals surface area contributed by atoms with Gasteiger partial charge in [0.05, 0.1) is 5.92 Å². The van der Waals surface area contributed by atoms with Crippen molar-refractivity contribution >= 4 is 38.3 Å². The normalized spacial score (nSPS) is 16.5. The number of aromatic nitrogens is 3. The highest BCUT2D eigenvalue weighted by Crippen LogP contribution is 2.49. The van der Waals surface area contributed by atoms with Crippen LogP contribution in [0.5, 0.6) is 5.75 Å². The van der Waals surface area contributed by atoms with Crippen LogP contribution in [0.2, 0.25) is 0 Å². The summed E-state index contributed by atoms with van der Waals surface area (Å²) in [6.07, 6.45) is 6.15. The van der Waals surface area contributed by atoms with E-state index in [4.69, 9.17) is 24.1 Å². The molecule has 2 atom stereocenters. The van der Waals surface area contributed by atoms with Crippen LogP contribution < -0.4 is 4.74 Å². The Morgan fingerprint density at radius 1 is 0.500 bits per heavy atom. The molecule has 3 heterocycles. The first-order valence-corrected chi connectivity index (χ1v) is 16.2. The van der Waals surface area contributed by atoms with Crippen molar-refractivity contribution in [1.29, 1.82) is 0 Å². The summed E-state index contributed by atoms with van der Waals surface area (Å²) in [7, 11) is 0. The minimum Gasteiger partial charge on any atom is -0.485 e. The van der Waals surface area contributed by atoms with Gasteiger partial charge in [-0.1, -0.05) is 109 Å². The maximum atomic E-state index is 6.52. The topological polar surface area (TPSA) is 61.0 Å². The number of nitrogens with zero attached hydrogens (tertiary/aromatic N) is 3. The van der Waals surface area contributed by atoms with Crippen LogP contribution in [0.4, 0.5) is 0 Å². The van der Waals surface area contributed by atoms with Gasteiger partial charge in [0, 0.05) is 33.0 Å². The van der Waals surface area contributed by atoms with Crippen molar-refractivity contribution in [3.8, 4) is 39.7 Å².